The molecule has 0 bridgehead atoms. The monoisotopic (exact) mass is 345 g/mol. The molecule has 1 nitrogen and oxygen atoms in total. The van der Waals surface area contributed by atoms with Gasteiger partial charge in [0.15, 0.2) is 0 Å². The zero-order valence-electron chi connectivity index (χ0n) is 10.1. The van der Waals surface area contributed by atoms with Crippen LogP contribution in [-0.4, -0.2) is 0 Å². The second kappa shape index (κ2) is 5.57. The predicted molar refractivity (Wildman–Crippen MR) is 76.3 cm³/mol. The summed E-state index contributed by atoms with van der Waals surface area (Å²) in [7, 11) is 0. The number of hydrogen-bond donors (Lipinski definition) is 1. The topological polar surface area (TPSA) is 26.0 Å². The number of halogens is 4. The molecule has 1 unspecified atom stereocenters. The van der Waals surface area contributed by atoms with E-state index >= 15 is 0 Å². The molecule has 0 aliphatic rings. The molecule has 19 heavy (non-hydrogen) atoms. The van der Waals surface area contributed by atoms with Gasteiger partial charge >= 0.3 is 0 Å². The molecule has 0 aliphatic carbocycles. The van der Waals surface area contributed by atoms with Gasteiger partial charge in [0.05, 0.1) is 6.04 Å². The lowest BCUT2D eigenvalue weighted by Crippen LogP contribution is -2.14. The van der Waals surface area contributed by atoms with Crippen LogP contribution in [0.15, 0.2) is 34.8 Å². The largest absolute Gasteiger partial charge is 0.320 e. The number of aryl methyl sites for hydroxylation is 1. The van der Waals surface area contributed by atoms with E-state index in [9.17, 15) is 8.78 Å². The first-order valence-electron chi connectivity index (χ1n) is 5.56. The molecule has 100 valence electrons. The van der Waals surface area contributed by atoms with Gasteiger partial charge in [-0.2, -0.15) is 0 Å². The van der Waals surface area contributed by atoms with E-state index in [4.69, 9.17) is 17.3 Å². The minimum atomic E-state index is -0.736. The number of hydrogen-bond acceptors (Lipinski definition) is 1. The molecule has 0 aliphatic heterocycles. The molecule has 1 atom stereocenters. The number of nitrogens with two attached hydrogens (primary N) is 1. The highest BCUT2D eigenvalue weighted by molar-refractivity contribution is 9.10. The SMILES string of the molecule is Cc1cc(C(N)c2ccc(Br)cc2F)c(Cl)cc1F. The number of benzene rings is 2. The van der Waals surface area contributed by atoms with Crippen LogP contribution in [0.5, 0.6) is 0 Å². The smallest absolute Gasteiger partial charge is 0.129 e. The third-order valence-corrected chi connectivity index (χ3v) is 3.73. The first-order chi connectivity index (χ1) is 8.90. The van der Waals surface area contributed by atoms with Crippen LogP contribution in [0.25, 0.3) is 0 Å². The Kier molecular flexibility index (Phi) is 4.23. The molecule has 0 spiro atoms. The molecular formula is C14H11BrClF2N. The quantitative estimate of drug-likeness (QED) is 0.835. The second-order valence-corrected chi connectivity index (χ2v) is 5.59. The molecule has 0 amide bonds. The fourth-order valence-corrected chi connectivity index (χ4v) is 2.44. The van der Waals surface area contributed by atoms with Gasteiger partial charge in [-0.15, -0.1) is 0 Å². The molecule has 0 saturated heterocycles. The highest BCUT2D eigenvalue weighted by Crippen LogP contribution is 2.30. The molecular weight excluding hydrogens is 336 g/mol. The van der Waals surface area contributed by atoms with Crippen LogP contribution in [0.2, 0.25) is 5.02 Å². The predicted octanol–water partition coefficient (Wildman–Crippen LogP) is 4.74. The van der Waals surface area contributed by atoms with Crippen molar-refractivity contribution in [3.05, 3.63) is 68.2 Å². The third kappa shape index (κ3) is 2.96. The van der Waals surface area contributed by atoms with Crippen LogP contribution in [-0.2, 0) is 0 Å². The van der Waals surface area contributed by atoms with Gasteiger partial charge in [-0.25, -0.2) is 8.78 Å². The summed E-state index contributed by atoms with van der Waals surface area (Å²) in [5.41, 5.74) is 7.27. The second-order valence-electron chi connectivity index (χ2n) is 4.27. The fourth-order valence-electron chi connectivity index (χ4n) is 1.84. The summed E-state index contributed by atoms with van der Waals surface area (Å²) < 4.78 is 27.9. The minimum absolute atomic E-state index is 0.193. The molecule has 2 rings (SSSR count). The zero-order chi connectivity index (χ0) is 14.2. The molecule has 5 heteroatoms. The highest BCUT2D eigenvalue weighted by Gasteiger charge is 2.18. The Hall–Kier alpha value is -0.970. The zero-order valence-corrected chi connectivity index (χ0v) is 12.4. The van der Waals surface area contributed by atoms with Crippen LogP contribution < -0.4 is 5.73 Å². The van der Waals surface area contributed by atoms with Crippen molar-refractivity contribution in [3.8, 4) is 0 Å². The summed E-state index contributed by atoms with van der Waals surface area (Å²) in [6.07, 6.45) is 0. The summed E-state index contributed by atoms with van der Waals surface area (Å²) in [6, 6.07) is 6.62. The van der Waals surface area contributed by atoms with Crippen molar-refractivity contribution in [2.75, 3.05) is 0 Å². The van der Waals surface area contributed by atoms with Gasteiger partial charge in [0.1, 0.15) is 11.6 Å². The van der Waals surface area contributed by atoms with E-state index < -0.39 is 17.7 Å². The Balaban J connectivity index is 2.49. The van der Waals surface area contributed by atoms with Gasteiger partial charge in [0.2, 0.25) is 0 Å². The van der Waals surface area contributed by atoms with Crippen molar-refractivity contribution < 1.29 is 8.78 Å². The van der Waals surface area contributed by atoms with Gasteiger partial charge in [-0.1, -0.05) is 33.6 Å². The molecule has 0 aromatic heterocycles. The standard InChI is InChI=1S/C14H11BrClF2N/c1-7-4-10(11(16)6-12(7)17)14(19)9-3-2-8(15)5-13(9)18/h2-6,14H,19H2,1H3. The van der Waals surface area contributed by atoms with Gasteiger partial charge in [0.25, 0.3) is 0 Å². The average Bonchev–Trinajstić information content (AvgIpc) is 2.33. The van der Waals surface area contributed by atoms with Crippen LogP contribution in [0.1, 0.15) is 22.7 Å². The first kappa shape index (κ1) is 14.4. The maximum atomic E-state index is 13.9. The summed E-state index contributed by atoms with van der Waals surface area (Å²) in [4.78, 5) is 0. The van der Waals surface area contributed by atoms with Crippen molar-refractivity contribution >= 4 is 27.5 Å². The van der Waals surface area contributed by atoms with E-state index in [0.29, 0.717) is 21.2 Å². The summed E-state index contributed by atoms with van der Waals surface area (Å²) in [6.45, 7) is 1.61. The molecule has 2 aromatic rings. The Morgan fingerprint density at radius 2 is 1.79 bits per heavy atom. The van der Waals surface area contributed by atoms with E-state index in [1.54, 1.807) is 25.1 Å². The van der Waals surface area contributed by atoms with Crippen LogP contribution >= 0.6 is 27.5 Å². The van der Waals surface area contributed by atoms with E-state index in [-0.39, 0.29) is 5.02 Å². The molecule has 2 N–H and O–H groups in total. The van der Waals surface area contributed by atoms with E-state index in [2.05, 4.69) is 15.9 Å². The third-order valence-electron chi connectivity index (χ3n) is 2.91. The van der Waals surface area contributed by atoms with E-state index in [1.807, 2.05) is 0 Å². The molecule has 0 fully saturated rings. The van der Waals surface area contributed by atoms with Crippen molar-refractivity contribution in [1.82, 2.24) is 0 Å². The van der Waals surface area contributed by atoms with Crippen LogP contribution in [0.3, 0.4) is 0 Å². The van der Waals surface area contributed by atoms with Gasteiger partial charge in [-0.3, -0.25) is 0 Å². The summed E-state index contributed by atoms with van der Waals surface area (Å²) >= 11 is 9.16. The molecule has 0 heterocycles. The van der Waals surface area contributed by atoms with Gasteiger partial charge < -0.3 is 5.73 Å². The minimum Gasteiger partial charge on any atom is -0.320 e. The average molecular weight is 347 g/mol. The Labute approximate surface area is 123 Å². The lowest BCUT2D eigenvalue weighted by Gasteiger charge is -2.16. The van der Waals surface area contributed by atoms with Crippen molar-refractivity contribution in [2.24, 2.45) is 5.73 Å². The Morgan fingerprint density at radius 3 is 2.42 bits per heavy atom. The van der Waals surface area contributed by atoms with Crippen molar-refractivity contribution in [2.45, 2.75) is 13.0 Å². The fraction of sp³-hybridized carbons (Fsp3) is 0.143. The van der Waals surface area contributed by atoms with Crippen molar-refractivity contribution in [3.63, 3.8) is 0 Å². The molecule has 0 radical (unpaired) electrons. The van der Waals surface area contributed by atoms with Gasteiger partial charge in [-0.05, 0) is 42.3 Å². The summed E-state index contributed by atoms with van der Waals surface area (Å²) in [5.74, 6) is -0.836. The lowest BCUT2D eigenvalue weighted by atomic mass is 9.97. The maximum absolute atomic E-state index is 13.9. The normalized spacial score (nSPS) is 12.5. The summed E-state index contributed by atoms with van der Waals surface area (Å²) in [5, 5.41) is 0.193. The van der Waals surface area contributed by atoms with E-state index in [0.717, 1.165) is 0 Å². The maximum Gasteiger partial charge on any atom is 0.129 e. The van der Waals surface area contributed by atoms with Crippen LogP contribution in [0.4, 0.5) is 8.78 Å². The van der Waals surface area contributed by atoms with Crippen LogP contribution in [0, 0.1) is 18.6 Å². The van der Waals surface area contributed by atoms with Gasteiger partial charge in [0, 0.05) is 15.1 Å². The highest BCUT2D eigenvalue weighted by atomic mass is 79.9. The van der Waals surface area contributed by atoms with E-state index in [1.165, 1.54) is 12.1 Å². The first-order valence-corrected chi connectivity index (χ1v) is 6.73. The Bertz CT molecular complexity index is 631. The molecule has 0 saturated carbocycles. The lowest BCUT2D eigenvalue weighted by molar-refractivity contribution is 0.597. The molecule has 2 aromatic carbocycles. The Morgan fingerprint density at radius 1 is 1.11 bits per heavy atom. The number of rotatable bonds is 2. The van der Waals surface area contributed by atoms with Crippen molar-refractivity contribution in [1.29, 1.82) is 0 Å².